The molecule has 2 heterocycles. The molecule has 0 bridgehead atoms. The summed E-state index contributed by atoms with van der Waals surface area (Å²) in [7, 11) is 1.29. The molecular weight excluding hydrogens is 484 g/mol. The molecule has 3 saturated carbocycles. The van der Waals surface area contributed by atoms with Crippen molar-refractivity contribution in [2.75, 3.05) is 13.7 Å². The topological polar surface area (TPSA) is 132 Å². The fourth-order valence-corrected chi connectivity index (χ4v) is 8.25. The first-order valence-electron chi connectivity index (χ1n) is 13.3. The van der Waals surface area contributed by atoms with Crippen LogP contribution >= 0.6 is 0 Å². The van der Waals surface area contributed by atoms with Crippen LogP contribution < -0.4 is 0 Å². The minimum Gasteiger partial charge on any atom is -0.469 e. The summed E-state index contributed by atoms with van der Waals surface area (Å²) in [6.45, 7) is 5.55. The van der Waals surface area contributed by atoms with Crippen LogP contribution in [0.1, 0.15) is 65.7 Å². The Bertz CT molecular complexity index is 1010. The van der Waals surface area contributed by atoms with Crippen LogP contribution in [0.15, 0.2) is 0 Å². The molecular formula is C27H36O10. The number of ether oxygens (including phenoxy) is 5. The number of methoxy groups -OCH3 is 1. The highest BCUT2D eigenvalue weighted by Gasteiger charge is 2.68. The van der Waals surface area contributed by atoms with E-state index in [2.05, 4.69) is 0 Å². The van der Waals surface area contributed by atoms with Crippen molar-refractivity contribution in [2.45, 2.75) is 90.1 Å². The second kappa shape index (κ2) is 9.36. The number of esters is 4. The highest BCUT2D eigenvalue weighted by atomic mass is 16.6. The minimum atomic E-state index is -1.16. The van der Waals surface area contributed by atoms with E-state index in [0.717, 1.165) is 12.8 Å². The summed E-state index contributed by atoms with van der Waals surface area (Å²) in [4.78, 5) is 65.1. The van der Waals surface area contributed by atoms with Gasteiger partial charge in [0.15, 0.2) is 18.0 Å². The number of cyclic esters (lactones) is 1. The summed E-state index contributed by atoms with van der Waals surface area (Å²) in [5.74, 6) is -4.59. The van der Waals surface area contributed by atoms with E-state index in [1.54, 1.807) is 0 Å². The highest BCUT2D eigenvalue weighted by Crippen LogP contribution is 2.64. The maximum absolute atomic E-state index is 13.9. The molecule has 2 saturated heterocycles. The van der Waals surface area contributed by atoms with Crippen LogP contribution in [0.3, 0.4) is 0 Å². The van der Waals surface area contributed by atoms with E-state index in [4.69, 9.17) is 23.7 Å². The fraction of sp³-hybridized carbons (Fsp3) is 0.815. The first kappa shape index (κ1) is 26.1. The molecule has 0 radical (unpaired) electrons. The third kappa shape index (κ3) is 4.15. The minimum absolute atomic E-state index is 0.0288. The molecule has 0 aromatic carbocycles. The average molecular weight is 521 g/mol. The maximum atomic E-state index is 13.9. The van der Waals surface area contributed by atoms with Crippen molar-refractivity contribution >= 4 is 29.7 Å². The van der Waals surface area contributed by atoms with Crippen LogP contribution in [0.2, 0.25) is 0 Å². The normalized spacial score (nSPS) is 44.6. The molecule has 5 fully saturated rings. The smallest absolute Gasteiger partial charge is 0.347 e. The van der Waals surface area contributed by atoms with Gasteiger partial charge in [-0.25, -0.2) is 4.79 Å². The Labute approximate surface area is 216 Å². The molecule has 204 valence electrons. The zero-order chi connectivity index (χ0) is 26.7. The Morgan fingerprint density at radius 3 is 2.43 bits per heavy atom. The number of fused-ring (bicyclic) bond motifs is 4. The van der Waals surface area contributed by atoms with Gasteiger partial charge in [0.05, 0.1) is 25.0 Å². The quantitative estimate of drug-likeness (QED) is 0.401. The second-order valence-electron chi connectivity index (χ2n) is 11.9. The molecule has 2 aliphatic heterocycles. The average Bonchev–Trinajstić information content (AvgIpc) is 3.44. The lowest BCUT2D eigenvalue weighted by atomic mass is 9.43. The van der Waals surface area contributed by atoms with Gasteiger partial charge in [-0.15, -0.1) is 0 Å². The molecule has 10 atom stereocenters. The monoisotopic (exact) mass is 520 g/mol. The number of hydrogen-bond acceptors (Lipinski definition) is 10. The maximum Gasteiger partial charge on any atom is 0.347 e. The predicted molar refractivity (Wildman–Crippen MR) is 125 cm³/mol. The van der Waals surface area contributed by atoms with Gasteiger partial charge in [0.2, 0.25) is 0 Å². The van der Waals surface area contributed by atoms with E-state index in [1.807, 2.05) is 13.8 Å². The van der Waals surface area contributed by atoms with Crippen LogP contribution in [0.4, 0.5) is 0 Å². The van der Waals surface area contributed by atoms with Gasteiger partial charge in [-0.05, 0) is 42.9 Å². The molecule has 5 rings (SSSR count). The summed E-state index contributed by atoms with van der Waals surface area (Å²) in [6, 6.07) is 0. The molecule has 3 aliphatic carbocycles. The van der Waals surface area contributed by atoms with Gasteiger partial charge < -0.3 is 23.7 Å². The van der Waals surface area contributed by atoms with Crippen molar-refractivity contribution in [3.63, 3.8) is 0 Å². The zero-order valence-electron chi connectivity index (χ0n) is 21.9. The first-order valence-corrected chi connectivity index (χ1v) is 13.3. The fourth-order valence-electron chi connectivity index (χ4n) is 8.25. The van der Waals surface area contributed by atoms with E-state index in [1.165, 1.54) is 14.0 Å². The Kier molecular flexibility index (Phi) is 6.61. The summed E-state index contributed by atoms with van der Waals surface area (Å²) in [6.07, 6.45) is 0.836. The van der Waals surface area contributed by atoms with Crippen LogP contribution in [0, 0.1) is 34.5 Å². The SMILES string of the molecule is COC(=O)[C@@H]1C[C@H](OC(C)=O)C(=O)[C@H]2[C@@]1(C)CC[C@H]1C(=O)O[C@H](C(=O)O[C@@H]3CC[C@@H]4OCC[C@@H]43)C[C@]21C. The molecule has 0 spiro atoms. The first-order chi connectivity index (χ1) is 17.5. The lowest BCUT2D eigenvalue weighted by molar-refractivity contribution is -0.215. The van der Waals surface area contributed by atoms with Crippen molar-refractivity contribution in [3.8, 4) is 0 Å². The van der Waals surface area contributed by atoms with E-state index < -0.39 is 64.7 Å². The largest absolute Gasteiger partial charge is 0.469 e. The van der Waals surface area contributed by atoms with Gasteiger partial charge >= 0.3 is 23.9 Å². The third-order valence-corrected chi connectivity index (χ3v) is 9.90. The van der Waals surface area contributed by atoms with E-state index >= 15 is 0 Å². The van der Waals surface area contributed by atoms with E-state index in [0.29, 0.717) is 25.9 Å². The van der Waals surface area contributed by atoms with Gasteiger partial charge in [-0.1, -0.05) is 13.8 Å². The number of rotatable bonds is 4. The standard InChI is InChI=1S/C27H36O10/c1-13(28)35-19-11-16(23(30)33-4)26(2)9-7-15-24(31)37-20(12-27(15,3)22(26)21(19)29)25(32)36-18-6-5-17-14(18)8-10-34-17/h14-20,22H,5-12H2,1-4H3/t14-,15-,16-,17-,18+,19-,20-,22-,26-,27-/m0/s1. The molecule has 10 heteroatoms. The molecule has 0 unspecified atom stereocenters. The zero-order valence-corrected chi connectivity index (χ0v) is 21.9. The van der Waals surface area contributed by atoms with Gasteiger partial charge in [-0.3, -0.25) is 19.2 Å². The predicted octanol–water partition coefficient (Wildman–Crippen LogP) is 2.15. The molecule has 37 heavy (non-hydrogen) atoms. The summed E-state index contributed by atoms with van der Waals surface area (Å²) in [5.41, 5.74) is -1.83. The van der Waals surface area contributed by atoms with Crippen molar-refractivity contribution in [2.24, 2.45) is 34.5 Å². The Balaban J connectivity index is 1.44. The van der Waals surface area contributed by atoms with Gasteiger partial charge in [-0.2, -0.15) is 0 Å². The number of carbonyl (C=O) groups is 5. The third-order valence-electron chi connectivity index (χ3n) is 9.90. The Morgan fingerprint density at radius 1 is 0.973 bits per heavy atom. The van der Waals surface area contributed by atoms with Crippen LogP contribution in [-0.4, -0.2) is 67.8 Å². The molecule has 10 nitrogen and oxygen atoms in total. The van der Waals surface area contributed by atoms with Crippen molar-refractivity contribution in [1.29, 1.82) is 0 Å². The van der Waals surface area contributed by atoms with Crippen LogP contribution in [0.25, 0.3) is 0 Å². The second-order valence-corrected chi connectivity index (χ2v) is 11.9. The van der Waals surface area contributed by atoms with Crippen molar-refractivity contribution in [3.05, 3.63) is 0 Å². The van der Waals surface area contributed by atoms with Crippen molar-refractivity contribution in [1.82, 2.24) is 0 Å². The number of ketones is 1. The van der Waals surface area contributed by atoms with Crippen LogP contribution in [0.5, 0.6) is 0 Å². The number of carbonyl (C=O) groups excluding carboxylic acids is 5. The molecule has 0 aromatic heterocycles. The summed E-state index contributed by atoms with van der Waals surface area (Å²) < 4.78 is 27.6. The van der Waals surface area contributed by atoms with Crippen LogP contribution in [-0.2, 0) is 47.7 Å². The summed E-state index contributed by atoms with van der Waals surface area (Å²) >= 11 is 0. The van der Waals surface area contributed by atoms with Crippen molar-refractivity contribution < 1.29 is 47.7 Å². The van der Waals surface area contributed by atoms with Gasteiger partial charge in [0, 0.05) is 38.2 Å². The Hall–Kier alpha value is -2.49. The Morgan fingerprint density at radius 2 is 1.73 bits per heavy atom. The number of hydrogen-bond donors (Lipinski definition) is 0. The number of Topliss-reactive ketones (excluding diaryl/α,β-unsaturated/α-hetero) is 1. The summed E-state index contributed by atoms with van der Waals surface area (Å²) in [5, 5.41) is 0. The van der Waals surface area contributed by atoms with Gasteiger partial charge in [0.1, 0.15) is 6.10 Å². The lowest BCUT2D eigenvalue weighted by Gasteiger charge is -2.60. The van der Waals surface area contributed by atoms with E-state index in [-0.39, 0.29) is 36.8 Å². The lowest BCUT2D eigenvalue weighted by Crippen LogP contribution is -2.66. The van der Waals surface area contributed by atoms with Gasteiger partial charge in [0.25, 0.3) is 0 Å². The van der Waals surface area contributed by atoms with E-state index in [9.17, 15) is 24.0 Å². The molecule has 0 amide bonds. The highest BCUT2D eigenvalue weighted by molar-refractivity contribution is 5.93. The molecule has 5 aliphatic rings. The molecule has 0 N–H and O–H groups in total. The molecule has 0 aromatic rings.